The molecule has 17 heavy (non-hydrogen) atoms. The van der Waals surface area contributed by atoms with Gasteiger partial charge in [-0.05, 0) is 12.1 Å². The minimum atomic E-state index is -5.10. The molecule has 0 heterocycles. The fourth-order valence-electron chi connectivity index (χ4n) is 0.758. The molecule has 0 radical (unpaired) electrons. The Morgan fingerprint density at radius 3 is 1.76 bits per heavy atom. The molecule has 0 N–H and O–H groups in total. The van der Waals surface area contributed by atoms with Gasteiger partial charge in [-0.1, -0.05) is 0 Å². The van der Waals surface area contributed by atoms with E-state index in [2.05, 4.69) is 4.52 Å². The maximum Gasteiger partial charge on any atom is 1.00 e. The minimum Gasteiger partial charge on any atom is -0.780 e. The summed E-state index contributed by atoms with van der Waals surface area (Å²) in [6.45, 7) is 0. The summed E-state index contributed by atoms with van der Waals surface area (Å²) in [6.07, 6.45) is 0. The van der Waals surface area contributed by atoms with Crippen LogP contribution < -0.4 is 103 Å². The zero-order valence-corrected chi connectivity index (χ0v) is 16.5. The summed E-state index contributed by atoms with van der Waals surface area (Å²) in [7, 11) is -5.10. The van der Waals surface area contributed by atoms with Crippen LogP contribution in [-0.2, 0) is 4.57 Å². The van der Waals surface area contributed by atoms with E-state index >= 15 is 0 Å². The van der Waals surface area contributed by atoms with Crippen LogP contribution in [0.2, 0.25) is 0 Å². The summed E-state index contributed by atoms with van der Waals surface area (Å²) in [5, 5.41) is 10.2. The van der Waals surface area contributed by atoms with Gasteiger partial charge in [0.2, 0.25) is 0 Å². The van der Waals surface area contributed by atoms with Crippen LogP contribution in [0, 0.1) is 10.1 Å². The number of hydrogen-bond acceptors (Lipinski definition) is 6. The Balaban J connectivity index is -0.000000653. The van der Waals surface area contributed by atoms with Crippen molar-refractivity contribution in [3.63, 3.8) is 0 Å². The number of phosphoric acid groups is 1. The van der Waals surface area contributed by atoms with E-state index in [1.54, 1.807) is 0 Å². The molecule has 0 aliphatic carbocycles. The number of non-ortho nitro benzene ring substituents is 1. The number of nitro groups is 1. The maximum atomic E-state index is 10.2. The Kier molecular flexibility index (Phi) is 14.4. The van der Waals surface area contributed by atoms with E-state index in [9.17, 15) is 24.5 Å². The molecule has 0 aromatic heterocycles. The van der Waals surface area contributed by atoms with E-state index in [0.29, 0.717) is 0 Å². The SMILES string of the molecule is O=[N+]([O-])c1ccc(OP(=O)([O-])[O-])cc1.[Na+].[Na+].[Na+]. The number of nitrogens with zero attached hydrogens (tertiary/aromatic N) is 1. The van der Waals surface area contributed by atoms with Crippen molar-refractivity contribution >= 4 is 13.5 Å². The number of nitro benzene ring substituents is 1. The molecule has 0 aliphatic rings. The van der Waals surface area contributed by atoms with E-state index in [4.69, 9.17) is 0 Å². The summed E-state index contributed by atoms with van der Waals surface area (Å²) in [6, 6.07) is 4.12. The summed E-state index contributed by atoms with van der Waals surface area (Å²) in [5.41, 5.74) is -0.219. The third kappa shape index (κ3) is 10.1. The molecule has 7 nitrogen and oxygen atoms in total. The fourth-order valence-corrected chi connectivity index (χ4v) is 1.14. The van der Waals surface area contributed by atoms with Gasteiger partial charge in [-0.3, -0.25) is 10.1 Å². The molecule has 0 bridgehead atoms. The van der Waals surface area contributed by atoms with Gasteiger partial charge < -0.3 is 18.9 Å². The number of phosphoric ester groups is 1. The summed E-state index contributed by atoms with van der Waals surface area (Å²) in [5.74, 6) is -0.246. The van der Waals surface area contributed by atoms with Crippen molar-refractivity contribution in [1.29, 1.82) is 0 Å². The van der Waals surface area contributed by atoms with Gasteiger partial charge in [0.1, 0.15) is 13.6 Å². The summed E-state index contributed by atoms with van der Waals surface area (Å²) in [4.78, 5) is 29.8. The number of benzene rings is 1. The molecule has 76 valence electrons. The van der Waals surface area contributed by atoms with Crippen molar-refractivity contribution in [3.05, 3.63) is 34.4 Å². The van der Waals surface area contributed by atoms with Gasteiger partial charge in [-0.25, -0.2) is 0 Å². The van der Waals surface area contributed by atoms with E-state index in [1.165, 1.54) is 0 Å². The van der Waals surface area contributed by atoms with Crippen LogP contribution in [0.4, 0.5) is 5.69 Å². The molecule has 0 atom stereocenters. The van der Waals surface area contributed by atoms with Crippen molar-refractivity contribution < 1.29 is 112 Å². The second-order valence-electron chi connectivity index (χ2n) is 2.29. The predicted molar refractivity (Wildman–Crippen MR) is 41.3 cm³/mol. The zero-order chi connectivity index (χ0) is 10.8. The van der Waals surface area contributed by atoms with Crippen LogP contribution in [0.15, 0.2) is 24.3 Å². The summed E-state index contributed by atoms with van der Waals surface area (Å²) >= 11 is 0. The van der Waals surface area contributed by atoms with E-state index < -0.39 is 12.7 Å². The maximum absolute atomic E-state index is 10.2. The van der Waals surface area contributed by atoms with Crippen LogP contribution in [0.5, 0.6) is 5.75 Å². The van der Waals surface area contributed by atoms with Gasteiger partial charge in [0.05, 0.1) is 4.92 Å². The van der Waals surface area contributed by atoms with Crippen LogP contribution in [0.3, 0.4) is 0 Å². The van der Waals surface area contributed by atoms with Crippen molar-refractivity contribution in [2.45, 2.75) is 0 Å². The average Bonchev–Trinajstić information content (AvgIpc) is 2.02. The van der Waals surface area contributed by atoms with Crippen molar-refractivity contribution in [3.8, 4) is 5.75 Å². The molecule has 0 fully saturated rings. The van der Waals surface area contributed by atoms with Crippen molar-refractivity contribution in [2.75, 3.05) is 0 Å². The van der Waals surface area contributed by atoms with E-state index in [0.717, 1.165) is 24.3 Å². The monoisotopic (exact) mass is 286 g/mol. The third-order valence-electron chi connectivity index (χ3n) is 1.26. The Morgan fingerprint density at radius 2 is 1.47 bits per heavy atom. The second kappa shape index (κ2) is 10.4. The first-order chi connectivity index (χ1) is 6.38. The first-order valence-corrected chi connectivity index (χ1v) is 4.81. The molecule has 0 amide bonds. The molecule has 1 aromatic rings. The molecule has 0 saturated carbocycles. The van der Waals surface area contributed by atoms with Crippen molar-refractivity contribution in [2.24, 2.45) is 0 Å². The molecule has 0 unspecified atom stereocenters. The molecule has 1 aromatic carbocycles. The van der Waals surface area contributed by atoms with Crippen LogP contribution in [0.1, 0.15) is 0 Å². The topological polar surface area (TPSA) is 116 Å². The van der Waals surface area contributed by atoms with Crippen LogP contribution in [-0.4, -0.2) is 4.92 Å². The molecule has 11 heteroatoms. The zero-order valence-electron chi connectivity index (χ0n) is 9.65. The third-order valence-corrected chi connectivity index (χ3v) is 1.70. The normalized spacial score (nSPS) is 9.06. The Morgan fingerprint density at radius 1 is 1.06 bits per heavy atom. The summed E-state index contributed by atoms with van der Waals surface area (Å²) < 4.78 is 14.1. The van der Waals surface area contributed by atoms with Crippen molar-refractivity contribution in [1.82, 2.24) is 0 Å². The first-order valence-electron chi connectivity index (χ1n) is 3.34. The molecule has 0 saturated heterocycles. The predicted octanol–water partition coefficient (Wildman–Crippen LogP) is -9.19. The molecular weight excluding hydrogens is 282 g/mol. The van der Waals surface area contributed by atoms with Crippen LogP contribution in [0.25, 0.3) is 0 Å². The van der Waals surface area contributed by atoms with E-state index in [-0.39, 0.29) is 100 Å². The van der Waals surface area contributed by atoms with Gasteiger partial charge >= 0.3 is 88.7 Å². The van der Waals surface area contributed by atoms with Crippen LogP contribution >= 0.6 is 7.82 Å². The molecular formula is C6H4NNa3O6P+. The Bertz CT molecular complexity index is 393. The Labute approximate surface area is 164 Å². The second-order valence-corrected chi connectivity index (χ2v) is 3.37. The van der Waals surface area contributed by atoms with Gasteiger partial charge in [0.15, 0.2) is 0 Å². The number of hydrogen-bond donors (Lipinski definition) is 0. The largest absolute Gasteiger partial charge is 1.00 e. The molecule has 0 spiro atoms. The fraction of sp³-hybridized carbons (Fsp3) is 0. The molecule has 1 rings (SSSR count). The van der Waals surface area contributed by atoms with Gasteiger partial charge in [-0.2, -0.15) is 0 Å². The quantitative estimate of drug-likeness (QED) is 0.236. The first kappa shape index (κ1) is 23.6. The minimum absolute atomic E-state index is 0. The van der Waals surface area contributed by atoms with E-state index in [1.807, 2.05) is 0 Å². The smallest absolute Gasteiger partial charge is 0.780 e. The number of rotatable bonds is 3. The van der Waals surface area contributed by atoms with Gasteiger partial charge in [-0.15, -0.1) is 0 Å². The Hall–Kier alpha value is 1.57. The molecule has 0 aliphatic heterocycles. The van der Waals surface area contributed by atoms with Gasteiger partial charge in [0.25, 0.3) is 5.69 Å². The standard InChI is InChI=1S/C6H6NO6P.3Na/c8-7(9)5-1-3-6(4-2-5)13-14(10,11)12;;;/h1-4H,(H2,10,11,12);;;/q;3*+1/p-2. The van der Waals surface area contributed by atoms with Gasteiger partial charge in [0, 0.05) is 12.1 Å². The average molecular weight is 286 g/mol.